The maximum atomic E-state index is 13.8. The first-order chi connectivity index (χ1) is 17.2. The molecule has 3 aromatic rings. The SMILES string of the molecule is COC(=O)[C@H]1[C@H](C(=O)Nc2ccc(-c3sccc3NC(=O)OCCc3ccccc3Cl)cc2)C1(F)F. The second-order valence-corrected chi connectivity index (χ2v) is 9.31. The van der Waals surface area contributed by atoms with Crippen LogP contribution in [-0.2, 0) is 25.5 Å². The molecule has 2 atom stereocenters. The molecule has 2 aromatic carbocycles. The highest BCUT2D eigenvalue weighted by Gasteiger charge is 2.76. The maximum absolute atomic E-state index is 13.8. The number of carbonyl (C=O) groups is 3. The molecule has 1 aliphatic rings. The molecule has 1 aliphatic carbocycles. The van der Waals surface area contributed by atoms with Crippen molar-refractivity contribution in [3.8, 4) is 10.4 Å². The average Bonchev–Trinajstić information content (AvgIpc) is 3.17. The van der Waals surface area contributed by atoms with Crippen LogP contribution in [0.15, 0.2) is 60.0 Å². The summed E-state index contributed by atoms with van der Waals surface area (Å²) in [6.07, 6.45) is -0.139. The zero-order valence-electron chi connectivity index (χ0n) is 18.9. The van der Waals surface area contributed by atoms with Gasteiger partial charge in [-0.3, -0.25) is 14.9 Å². The van der Waals surface area contributed by atoms with Gasteiger partial charge in [0, 0.05) is 17.1 Å². The smallest absolute Gasteiger partial charge is 0.411 e. The normalized spacial score (nSPS) is 17.7. The molecule has 0 aliphatic heterocycles. The lowest BCUT2D eigenvalue weighted by Gasteiger charge is -2.10. The summed E-state index contributed by atoms with van der Waals surface area (Å²) in [6.45, 7) is 0.153. The van der Waals surface area contributed by atoms with Gasteiger partial charge in [0.2, 0.25) is 5.91 Å². The van der Waals surface area contributed by atoms with Gasteiger partial charge < -0.3 is 14.8 Å². The molecule has 0 saturated heterocycles. The molecule has 0 radical (unpaired) electrons. The Morgan fingerprint density at radius 3 is 2.44 bits per heavy atom. The number of anilines is 2. The van der Waals surface area contributed by atoms with E-state index in [2.05, 4.69) is 15.4 Å². The van der Waals surface area contributed by atoms with E-state index in [9.17, 15) is 23.2 Å². The summed E-state index contributed by atoms with van der Waals surface area (Å²) >= 11 is 7.49. The third-order valence-corrected chi connectivity index (χ3v) is 7.00. The molecule has 1 heterocycles. The fourth-order valence-corrected chi connectivity index (χ4v) is 4.82. The largest absolute Gasteiger partial charge is 0.469 e. The van der Waals surface area contributed by atoms with E-state index in [1.807, 2.05) is 18.2 Å². The highest BCUT2D eigenvalue weighted by atomic mass is 35.5. The third-order valence-electron chi connectivity index (χ3n) is 5.67. The molecule has 4 rings (SSSR count). The number of rotatable bonds is 8. The van der Waals surface area contributed by atoms with Gasteiger partial charge in [0.15, 0.2) is 0 Å². The number of methoxy groups -OCH3 is 1. The lowest BCUT2D eigenvalue weighted by molar-refractivity contribution is -0.144. The topological polar surface area (TPSA) is 93.7 Å². The van der Waals surface area contributed by atoms with Gasteiger partial charge in [-0.15, -0.1) is 11.3 Å². The van der Waals surface area contributed by atoms with Crippen molar-refractivity contribution in [2.75, 3.05) is 24.4 Å². The lowest BCUT2D eigenvalue weighted by Crippen LogP contribution is -2.18. The zero-order chi connectivity index (χ0) is 25.9. The molecular weight excluding hydrogens is 514 g/mol. The molecule has 36 heavy (non-hydrogen) atoms. The van der Waals surface area contributed by atoms with Crippen LogP contribution < -0.4 is 10.6 Å². The van der Waals surface area contributed by atoms with Crippen LogP contribution in [0.5, 0.6) is 0 Å². The van der Waals surface area contributed by atoms with E-state index >= 15 is 0 Å². The van der Waals surface area contributed by atoms with Crippen LogP contribution in [0.25, 0.3) is 10.4 Å². The van der Waals surface area contributed by atoms with Crippen molar-refractivity contribution in [2.24, 2.45) is 11.8 Å². The number of hydrogen-bond donors (Lipinski definition) is 2. The number of esters is 1. The minimum absolute atomic E-state index is 0.153. The van der Waals surface area contributed by atoms with Gasteiger partial charge >= 0.3 is 12.1 Å². The minimum atomic E-state index is -3.43. The number of thiophene rings is 1. The molecule has 0 unspecified atom stereocenters. The highest BCUT2D eigenvalue weighted by molar-refractivity contribution is 7.14. The first-order valence-electron chi connectivity index (χ1n) is 10.8. The number of hydrogen-bond acceptors (Lipinski definition) is 6. The van der Waals surface area contributed by atoms with Crippen molar-refractivity contribution in [1.82, 2.24) is 0 Å². The van der Waals surface area contributed by atoms with Crippen molar-refractivity contribution >= 4 is 52.3 Å². The molecule has 2 amide bonds. The van der Waals surface area contributed by atoms with Crippen LogP contribution in [0.3, 0.4) is 0 Å². The quantitative estimate of drug-likeness (QED) is 0.353. The van der Waals surface area contributed by atoms with E-state index in [0.29, 0.717) is 22.8 Å². The van der Waals surface area contributed by atoms with Crippen LogP contribution in [0.4, 0.5) is 25.0 Å². The van der Waals surface area contributed by atoms with Crippen molar-refractivity contribution in [2.45, 2.75) is 12.3 Å². The molecule has 1 aromatic heterocycles. The van der Waals surface area contributed by atoms with Gasteiger partial charge in [-0.05, 0) is 40.8 Å². The number of halogens is 3. The van der Waals surface area contributed by atoms with Gasteiger partial charge in [0.25, 0.3) is 5.92 Å². The van der Waals surface area contributed by atoms with Crippen LogP contribution in [-0.4, -0.2) is 37.6 Å². The van der Waals surface area contributed by atoms with Crippen molar-refractivity contribution in [3.63, 3.8) is 0 Å². The van der Waals surface area contributed by atoms with Gasteiger partial charge in [-0.2, -0.15) is 0 Å². The van der Waals surface area contributed by atoms with E-state index in [-0.39, 0.29) is 6.61 Å². The average molecular weight is 535 g/mol. The predicted octanol–water partition coefficient (Wildman–Crippen LogP) is 5.85. The number of nitrogens with one attached hydrogen (secondary N) is 2. The maximum Gasteiger partial charge on any atom is 0.411 e. The van der Waals surface area contributed by atoms with Gasteiger partial charge in [-0.1, -0.05) is 41.9 Å². The molecule has 0 spiro atoms. The Labute approximate surface area is 214 Å². The fourth-order valence-electron chi connectivity index (χ4n) is 3.73. The first kappa shape index (κ1) is 25.6. The predicted molar refractivity (Wildman–Crippen MR) is 132 cm³/mol. The molecule has 2 N–H and O–H groups in total. The number of amides is 2. The second kappa shape index (κ2) is 10.6. The molecule has 1 fully saturated rings. The summed E-state index contributed by atoms with van der Waals surface area (Å²) in [7, 11) is 0.999. The Balaban J connectivity index is 1.33. The van der Waals surface area contributed by atoms with Crippen LogP contribution in [0.2, 0.25) is 5.02 Å². The summed E-state index contributed by atoms with van der Waals surface area (Å²) in [5.74, 6) is -9.04. The summed E-state index contributed by atoms with van der Waals surface area (Å²) < 4.78 is 37.2. The summed E-state index contributed by atoms with van der Waals surface area (Å²) in [5.41, 5.74) is 2.44. The van der Waals surface area contributed by atoms with Crippen molar-refractivity contribution < 1.29 is 32.6 Å². The molecule has 11 heteroatoms. The van der Waals surface area contributed by atoms with Crippen molar-refractivity contribution in [1.29, 1.82) is 0 Å². The fraction of sp³-hybridized carbons (Fsp3) is 0.240. The molecular formula is C25H21ClF2N2O5S. The molecule has 1 saturated carbocycles. The van der Waals surface area contributed by atoms with Crippen LogP contribution in [0.1, 0.15) is 5.56 Å². The summed E-state index contributed by atoms with van der Waals surface area (Å²) in [6, 6.07) is 15.5. The van der Waals surface area contributed by atoms with Crippen LogP contribution >= 0.6 is 22.9 Å². The highest BCUT2D eigenvalue weighted by Crippen LogP contribution is 2.56. The number of carbonyl (C=O) groups excluding carboxylic acids is 3. The Hall–Kier alpha value is -3.50. The monoisotopic (exact) mass is 534 g/mol. The van der Waals surface area contributed by atoms with Crippen molar-refractivity contribution in [3.05, 3.63) is 70.6 Å². The van der Waals surface area contributed by atoms with Crippen LogP contribution in [0, 0.1) is 11.8 Å². The van der Waals surface area contributed by atoms with E-state index in [4.69, 9.17) is 16.3 Å². The third kappa shape index (κ3) is 5.50. The second-order valence-electron chi connectivity index (χ2n) is 7.99. The van der Waals surface area contributed by atoms with E-state index in [1.165, 1.54) is 11.3 Å². The van der Waals surface area contributed by atoms with E-state index in [1.54, 1.807) is 41.8 Å². The van der Waals surface area contributed by atoms with Gasteiger partial charge in [-0.25, -0.2) is 13.6 Å². The van der Waals surface area contributed by atoms with Gasteiger partial charge in [0.05, 0.1) is 24.3 Å². The number of ether oxygens (including phenoxy) is 2. The Kier molecular flexibility index (Phi) is 7.56. The van der Waals surface area contributed by atoms with Gasteiger partial charge in [0.1, 0.15) is 11.8 Å². The van der Waals surface area contributed by atoms with E-state index < -0.39 is 35.7 Å². The Morgan fingerprint density at radius 2 is 1.75 bits per heavy atom. The first-order valence-corrected chi connectivity index (χ1v) is 12.1. The molecule has 188 valence electrons. The number of alkyl halides is 2. The lowest BCUT2D eigenvalue weighted by atomic mass is 10.1. The number of benzene rings is 2. The Morgan fingerprint density at radius 1 is 1.03 bits per heavy atom. The summed E-state index contributed by atoms with van der Waals surface area (Å²) in [4.78, 5) is 36.7. The standard InChI is InChI=1S/C25H21ClF2N2O5S/c1-34-23(32)20-19(25(20,27)28)22(31)29-16-8-6-15(7-9-16)21-18(11-13-36-21)30-24(33)35-12-10-14-4-2-3-5-17(14)26/h2-9,11,13,19-20H,10,12H2,1H3,(H,29,31)(H,30,33)/t19-,20-/m1/s1. The summed E-state index contributed by atoms with van der Waals surface area (Å²) in [5, 5.41) is 7.52. The molecule has 7 nitrogen and oxygen atoms in total. The molecule has 0 bridgehead atoms. The van der Waals surface area contributed by atoms with E-state index in [0.717, 1.165) is 23.1 Å². The Bertz CT molecular complexity index is 1280. The zero-order valence-corrected chi connectivity index (χ0v) is 20.5. The minimum Gasteiger partial charge on any atom is -0.469 e.